The Morgan fingerprint density at radius 2 is 1.86 bits per heavy atom. The van der Waals surface area contributed by atoms with Gasteiger partial charge in [0, 0.05) is 36.0 Å². The van der Waals surface area contributed by atoms with Crippen molar-refractivity contribution < 1.29 is 0 Å². The average molecular weight is 276 g/mol. The summed E-state index contributed by atoms with van der Waals surface area (Å²) in [5.74, 6) is 0. The van der Waals surface area contributed by atoms with E-state index in [1.165, 1.54) is 16.5 Å². The van der Waals surface area contributed by atoms with Crippen LogP contribution >= 0.6 is 0 Å². The summed E-state index contributed by atoms with van der Waals surface area (Å²) in [5, 5.41) is 1.23. The molecule has 1 aromatic carbocycles. The van der Waals surface area contributed by atoms with Crippen molar-refractivity contribution >= 4 is 16.6 Å². The maximum Gasteiger partial charge on any atom is 0.137 e. The zero-order chi connectivity index (χ0) is 14.2. The number of hydrogen-bond acceptors (Lipinski definition) is 2. The minimum absolute atomic E-state index is 0.554. The van der Waals surface area contributed by atoms with Crippen LogP contribution in [0.25, 0.3) is 16.6 Å². The minimum atomic E-state index is 0.554. The Hall–Kier alpha value is -2.59. The van der Waals surface area contributed by atoms with Gasteiger partial charge in [-0.2, -0.15) is 0 Å². The molecule has 0 aliphatic carbocycles. The molecule has 104 valence electrons. The van der Waals surface area contributed by atoms with Crippen molar-refractivity contribution in [2.24, 2.45) is 5.73 Å². The van der Waals surface area contributed by atoms with Gasteiger partial charge in [0.15, 0.2) is 0 Å². The molecule has 21 heavy (non-hydrogen) atoms. The molecule has 3 aromatic heterocycles. The van der Waals surface area contributed by atoms with Gasteiger partial charge in [0.2, 0.25) is 0 Å². The highest BCUT2D eigenvalue weighted by molar-refractivity contribution is 5.84. The second kappa shape index (κ2) is 4.75. The van der Waals surface area contributed by atoms with Crippen LogP contribution in [-0.4, -0.2) is 14.0 Å². The third-order valence-corrected chi connectivity index (χ3v) is 3.84. The molecule has 4 aromatic rings. The summed E-state index contributed by atoms with van der Waals surface area (Å²) in [6.45, 7) is 1.31. The fourth-order valence-corrected chi connectivity index (χ4v) is 2.85. The van der Waals surface area contributed by atoms with E-state index in [1.54, 1.807) is 0 Å². The first-order chi connectivity index (χ1) is 10.3. The molecule has 0 aliphatic rings. The lowest BCUT2D eigenvalue weighted by Gasteiger charge is -2.01. The maximum atomic E-state index is 5.85. The minimum Gasteiger partial charge on any atom is -0.341 e. The molecular weight excluding hydrogens is 260 g/mol. The number of para-hydroxylation sites is 1. The van der Waals surface area contributed by atoms with Crippen LogP contribution in [-0.2, 0) is 13.1 Å². The first-order valence-corrected chi connectivity index (χ1v) is 7.04. The molecule has 2 N–H and O–H groups in total. The third kappa shape index (κ3) is 2.00. The average Bonchev–Trinajstić information content (AvgIpc) is 3.08. The number of fused-ring (bicyclic) bond motifs is 2. The summed E-state index contributed by atoms with van der Waals surface area (Å²) < 4.78 is 4.27. The van der Waals surface area contributed by atoms with E-state index in [0.717, 1.165) is 17.9 Å². The molecule has 4 heteroatoms. The van der Waals surface area contributed by atoms with Crippen LogP contribution in [0, 0.1) is 0 Å². The van der Waals surface area contributed by atoms with Crippen molar-refractivity contribution in [3.8, 4) is 0 Å². The van der Waals surface area contributed by atoms with Crippen LogP contribution in [0.3, 0.4) is 0 Å². The lowest BCUT2D eigenvalue weighted by molar-refractivity contribution is 0.809. The van der Waals surface area contributed by atoms with E-state index in [0.29, 0.717) is 6.54 Å². The van der Waals surface area contributed by atoms with Crippen molar-refractivity contribution in [2.75, 3.05) is 0 Å². The molecule has 4 rings (SSSR count). The summed E-state index contributed by atoms with van der Waals surface area (Å²) in [7, 11) is 0. The third-order valence-electron chi connectivity index (χ3n) is 3.84. The first-order valence-electron chi connectivity index (χ1n) is 7.04. The summed E-state index contributed by atoms with van der Waals surface area (Å²) in [6, 6.07) is 14.4. The van der Waals surface area contributed by atoms with Gasteiger partial charge in [-0.3, -0.25) is 0 Å². The number of imidazole rings is 1. The molecule has 0 spiro atoms. The van der Waals surface area contributed by atoms with Gasteiger partial charge in [0.25, 0.3) is 0 Å². The molecule has 0 saturated carbocycles. The molecule has 0 radical (unpaired) electrons. The molecule has 0 fully saturated rings. The lowest BCUT2D eigenvalue weighted by Crippen LogP contribution is -1.99. The highest BCUT2D eigenvalue weighted by Gasteiger charge is 2.08. The summed E-state index contributed by atoms with van der Waals surface area (Å²) in [5.41, 5.74) is 10.3. The fourth-order valence-electron chi connectivity index (χ4n) is 2.85. The molecule has 0 amide bonds. The zero-order valence-electron chi connectivity index (χ0n) is 11.6. The van der Waals surface area contributed by atoms with Gasteiger partial charge in [0.1, 0.15) is 5.65 Å². The van der Waals surface area contributed by atoms with Crippen LogP contribution in [0.1, 0.15) is 11.3 Å². The van der Waals surface area contributed by atoms with Crippen LogP contribution in [0.2, 0.25) is 0 Å². The predicted molar refractivity (Wildman–Crippen MR) is 84.1 cm³/mol. The van der Waals surface area contributed by atoms with E-state index < -0.39 is 0 Å². The van der Waals surface area contributed by atoms with Crippen LogP contribution in [0.5, 0.6) is 0 Å². The first kappa shape index (κ1) is 12.2. The van der Waals surface area contributed by atoms with E-state index in [-0.39, 0.29) is 0 Å². The lowest BCUT2D eigenvalue weighted by atomic mass is 10.2. The van der Waals surface area contributed by atoms with E-state index in [1.807, 2.05) is 28.8 Å². The standard InChI is InChI=1S/C17H16N4/c18-9-13-10-21(16-6-2-1-5-15(13)16)12-14-11-20-8-4-3-7-17(20)19-14/h1-8,10-11H,9,12,18H2. The van der Waals surface area contributed by atoms with Gasteiger partial charge in [-0.05, 0) is 23.8 Å². The monoisotopic (exact) mass is 276 g/mol. The Bertz CT molecular complexity index is 884. The topological polar surface area (TPSA) is 48.2 Å². The van der Waals surface area contributed by atoms with Gasteiger partial charge in [-0.15, -0.1) is 0 Å². The van der Waals surface area contributed by atoms with Crippen molar-refractivity contribution in [3.05, 3.63) is 72.3 Å². The van der Waals surface area contributed by atoms with E-state index in [2.05, 4.69) is 46.2 Å². The van der Waals surface area contributed by atoms with Crippen molar-refractivity contribution in [1.82, 2.24) is 14.0 Å². The van der Waals surface area contributed by atoms with Crippen LogP contribution < -0.4 is 5.73 Å². The number of benzene rings is 1. The summed E-state index contributed by atoms with van der Waals surface area (Å²) in [6.07, 6.45) is 6.23. The Labute approximate surface area is 122 Å². The van der Waals surface area contributed by atoms with E-state index in [9.17, 15) is 0 Å². The molecule has 0 saturated heterocycles. The Morgan fingerprint density at radius 1 is 1.00 bits per heavy atom. The number of pyridine rings is 1. The van der Waals surface area contributed by atoms with Gasteiger partial charge in [-0.25, -0.2) is 4.98 Å². The molecule has 3 heterocycles. The van der Waals surface area contributed by atoms with Gasteiger partial charge in [-0.1, -0.05) is 24.3 Å². The van der Waals surface area contributed by atoms with Gasteiger partial charge >= 0.3 is 0 Å². The smallest absolute Gasteiger partial charge is 0.137 e. The van der Waals surface area contributed by atoms with Crippen molar-refractivity contribution in [3.63, 3.8) is 0 Å². The molecule has 0 unspecified atom stereocenters. The highest BCUT2D eigenvalue weighted by Crippen LogP contribution is 2.22. The number of aromatic nitrogens is 3. The van der Waals surface area contributed by atoms with Gasteiger partial charge < -0.3 is 14.7 Å². The molecule has 4 nitrogen and oxygen atoms in total. The summed E-state index contributed by atoms with van der Waals surface area (Å²) in [4.78, 5) is 4.66. The SMILES string of the molecule is NCc1cn(Cc2cn3ccccc3n2)c2ccccc12. The Balaban J connectivity index is 1.80. The summed E-state index contributed by atoms with van der Waals surface area (Å²) >= 11 is 0. The van der Waals surface area contributed by atoms with Crippen molar-refractivity contribution in [1.29, 1.82) is 0 Å². The fraction of sp³-hybridized carbons (Fsp3) is 0.118. The quantitative estimate of drug-likeness (QED) is 0.625. The number of nitrogens with zero attached hydrogens (tertiary/aromatic N) is 3. The zero-order valence-corrected chi connectivity index (χ0v) is 11.6. The molecule has 0 bridgehead atoms. The van der Waals surface area contributed by atoms with E-state index in [4.69, 9.17) is 5.73 Å². The second-order valence-corrected chi connectivity index (χ2v) is 5.20. The molecular formula is C17H16N4. The normalized spacial score (nSPS) is 11.5. The molecule has 0 aliphatic heterocycles. The number of rotatable bonds is 3. The molecule has 0 atom stereocenters. The van der Waals surface area contributed by atoms with Gasteiger partial charge in [0.05, 0.1) is 12.2 Å². The highest BCUT2D eigenvalue weighted by atomic mass is 15.0. The van der Waals surface area contributed by atoms with E-state index >= 15 is 0 Å². The van der Waals surface area contributed by atoms with Crippen LogP contribution in [0.15, 0.2) is 61.1 Å². The number of nitrogens with two attached hydrogens (primary N) is 1. The second-order valence-electron chi connectivity index (χ2n) is 5.20. The Morgan fingerprint density at radius 3 is 2.71 bits per heavy atom. The largest absolute Gasteiger partial charge is 0.341 e. The Kier molecular flexibility index (Phi) is 2.75. The maximum absolute atomic E-state index is 5.85. The predicted octanol–water partition coefficient (Wildman–Crippen LogP) is 2.80. The van der Waals surface area contributed by atoms with Crippen LogP contribution in [0.4, 0.5) is 0 Å². The number of hydrogen-bond donors (Lipinski definition) is 1. The van der Waals surface area contributed by atoms with Crippen molar-refractivity contribution in [2.45, 2.75) is 13.1 Å².